The van der Waals surface area contributed by atoms with Gasteiger partial charge in [-0.3, -0.25) is 4.79 Å². The van der Waals surface area contributed by atoms with Crippen molar-refractivity contribution in [2.24, 2.45) is 5.92 Å². The van der Waals surface area contributed by atoms with Gasteiger partial charge in [0, 0.05) is 29.4 Å². The molecule has 0 radical (unpaired) electrons. The van der Waals surface area contributed by atoms with Gasteiger partial charge < -0.3 is 34.1 Å². The Labute approximate surface area is 210 Å². The van der Waals surface area contributed by atoms with Crippen LogP contribution < -0.4 is 29.0 Å². The van der Waals surface area contributed by atoms with Gasteiger partial charge in [0.2, 0.25) is 5.75 Å². The van der Waals surface area contributed by atoms with Crippen molar-refractivity contribution in [3.8, 4) is 28.7 Å². The molecule has 2 aromatic carbocycles. The number of amides is 1. The number of hydrogen-bond donors (Lipinski definition) is 2. The van der Waals surface area contributed by atoms with Crippen LogP contribution in [0, 0.1) is 5.92 Å². The molecule has 2 heterocycles. The number of para-hydroxylation sites is 1. The first kappa shape index (κ1) is 23.9. The van der Waals surface area contributed by atoms with Crippen molar-refractivity contribution in [1.29, 1.82) is 0 Å². The number of hydrogen-bond acceptors (Lipinski definition) is 7. The van der Waals surface area contributed by atoms with E-state index in [9.17, 15) is 9.90 Å². The quantitative estimate of drug-likeness (QED) is 0.443. The average Bonchev–Trinajstić information content (AvgIpc) is 2.90. The minimum absolute atomic E-state index is 0.00437. The molecule has 36 heavy (non-hydrogen) atoms. The summed E-state index contributed by atoms with van der Waals surface area (Å²) in [5, 5.41) is 14.4. The third-order valence-electron chi connectivity index (χ3n) is 7.48. The van der Waals surface area contributed by atoms with Gasteiger partial charge in [0.1, 0.15) is 5.76 Å². The van der Waals surface area contributed by atoms with Gasteiger partial charge in [-0.2, -0.15) is 0 Å². The number of benzene rings is 2. The zero-order valence-corrected chi connectivity index (χ0v) is 20.9. The molecule has 2 fully saturated rings. The lowest BCUT2D eigenvalue weighted by Crippen LogP contribution is -2.66. The summed E-state index contributed by atoms with van der Waals surface area (Å²) in [6.45, 7) is 0. The number of rotatable bonds is 6. The number of aliphatic hydroxyl groups is 1. The van der Waals surface area contributed by atoms with Gasteiger partial charge in [0.05, 0.1) is 34.0 Å². The van der Waals surface area contributed by atoms with E-state index in [1.54, 1.807) is 32.4 Å². The van der Waals surface area contributed by atoms with Crippen molar-refractivity contribution < 1.29 is 33.6 Å². The normalized spacial score (nSPS) is 25.7. The van der Waals surface area contributed by atoms with Gasteiger partial charge in [-0.25, -0.2) is 0 Å². The van der Waals surface area contributed by atoms with Crippen molar-refractivity contribution in [1.82, 2.24) is 5.32 Å². The summed E-state index contributed by atoms with van der Waals surface area (Å²) in [7, 11) is 6.23. The van der Waals surface area contributed by atoms with Crippen molar-refractivity contribution >= 4 is 12.0 Å². The van der Waals surface area contributed by atoms with E-state index in [4.69, 9.17) is 23.7 Å². The number of aliphatic hydroxyl groups excluding tert-OH is 1. The molecule has 190 valence electrons. The lowest BCUT2D eigenvalue weighted by atomic mass is 9.64. The van der Waals surface area contributed by atoms with Crippen LogP contribution in [0.15, 0.2) is 47.7 Å². The van der Waals surface area contributed by atoms with E-state index >= 15 is 0 Å². The molecule has 1 amide bonds. The number of nitrogens with one attached hydrogen (secondary N) is 1. The molecule has 3 atom stereocenters. The zero-order chi connectivity index (χ0) is 25.4. The molecule has 1 aliphatic carbocycles. The number of piperidine rings is 1. The lowest BCUT2D eigenvalue weighted by Gasteiger charge is -2.54. The second-order valence-corrected chi connectivity index (χ2v) is 9.21. The van der Waals surface area contributed by atoms with Crippen LogP contribution in [0.1, 0.15) is 42.7 Å². The molecule has 2 aliphatic heterocycles. The van der Waals surface area contributed by atoms with E-state index in [2.05, 4.69) is 5.32 Å². The summed E-state index contributed by atoms with van der Waals surface area (Å²) in [6.07, 6.45) is 6.82. The fraction of sp³-hybridized carbons (Fsp3) is 0.393. The van der Waals surface area contributed by atoms with E-state index in [-0.39, 0.29) is 23.5 Å². The Balaban J connectivity index is 1.62. The Morgan fingerprint density at radius 1 is 1.03 bits per heavy atom. The van der Waals surface area contributed by atoms with Crippen LogP contribution in [0.25, 0.3) is 6.08 Å². The fourth-order valence-electron chi connectivity index (χ4n) is 5.91. The van der Waals surface area contributed by atoms with Crippen LogP contribution in [0.4, 0.5) is 0 Å². The molecule has 1 saturated heterocycles. The highest BCUT2D eigenvalue weighted by Crippen LogP contribution is 2.57. The third kappa shape index (κ3) is 3.63. The topological polar surface area (TPSA) is 95.5 Å². The number of methoxy groups -OCH3 is 4. The van der Waals surface area contributed by atoms with Gasteiger partial charge in [0.25, 0.3) is 5.91 Å². The van der Waals surface area contributed by atoms with Gasteiger partial charge >= 0.3 is 0 Å². The summed E-state index contributed by atoms with van der Waals surface area (Å²) >= 11 is 0. The van der Waals surface area contributed by atoms with E-state index in [0.717, 1.165) is 24.8 Å². The largest absolute Gasteiger partial charge is 0.507 e. The predicted molar refractivity (Wildman–Crippen MR) is 134 cm³/mol. The Kier molecular flexibility index (Phi) is 6.20. The molecular weight excluding hydrogens is 462 g/mol. The Hall–Kier alpha value is -3.81. The number of allylic oxidation sites excluding steroid dienone is 1. The van der Waals surface area contributed by atoms with E-state index in [1.165, 1.54) is 20.3 Å². The summed E-state index contributed by atoms with van der Waals surface area (Å²) < 4.78 is 28.5. The van der Waals surface area contributed by atoms with Crippen molar-refractivity contribution in [3.05, 3.63) is 58.9 Å². The van der Waals surface area contributed by atoms with Gasteiger partial charge in [-0.15, -0.1) is 0 Å². The molecule has 5 rings (SSSR count). The van der Waals surface area contributed by atoms with E-state index < -0.39 is 5.72 Å². The number of carbonyl (C=O) groups excluding carboxylic acids is 1. The average molecular weight is 494 g/mol. The van der Waals surface area contributed by atoms with Gasteiger partial charge in [0.15, 0.2) is 28.7 Å². The predicted octanol–water partition coefficient (Wildman–Crippen LogP) is 4.74. The maximum atomic E-state index is 13.4. The van der Waals surface area contributed by atoms with Gasteiger partial charge in [-0.1, -0.05) is 18.6 Å². The van der Waals surface area contributed by atoms with Crippen LogP contribution in [0.5, 0.6) is 28.7 Å². The van der Waals surface area contributed by atoms with Gasteiger partial charge in [-0.05, 0) is 43.2 Å². The number of fused-ring (bicyclic) bond motifs is 2. The standard InChI is InChI=1S/C28H31NO7/c1-32-20-10-7-8-17-22-18-9-5-6-15-28(18,36-25(17)20)29-27(31)23(22)19(30)13-11-16-12-14-21(33-2)26(35-4)24(16)34-3/h7-8,10-14,18,22,30H,5-6,9,15H2,1-4H3,(H,29,31). The first-order valence-corrected chi connectivity index (χ1v) is 12.1. The number of ether oxygens (including phenoxy) is 5. The van der Waals surface area contributed by atoms with Crippen molar-refractivity contribution in [2.75, 3.05) is 28.4 Å². The molecule has 3 unspecified atom stereocenters. The monoisotopic (exact) mass is 493 g/mol. The molecule has 2 N–H and O–H groups in total. The van der Waals surface area contributed by atoms with E-state index in [0.29, 0.717) is 46.3 Å². The Bertz CT molecular complexity index is 1250. The zero-order valence-electron chi connectivity index (χ0n) is 20.9. The molecular formula is C28H31NO7. The summed E-state index contributed by atoms with van der Waals surface area (Å²) in [4.78, 5) is 13.4. The first-order valence-electron chi connectivity index (χ1n) is 12.1. The molecule has 2 bridgehead atoms. The minimum Gasteiger partial charge on any atom is -0.507 e. The lowest BCUT2D eigenvalue weighted by molar-refractivity contribution is -0.140. The molecule has 1 saturated carbocycles. The van der Waals surface area contributed by atoms with Crippen molar-refractivity contribution in [2.45, 2.75) is 37.3 Å². The minimum atomic E-state index is -0.804. The van der Waals surface area contributed by atoms with Crippen molar-refractivity contribution in [3.63, 3.8) is 0 Å². The third-order valence-corrected chi connectivity index (χ3v) is 7.48. The maximum absolute atomic E-state index is 13.4. The molecule has 0 spiro atoms. The van der Waals surface area contributed by atoms with Crippen LogP contribution in [0.3, 0.4) is 0 Å². The number of carbonyl (C=O) groups is 1. The molecule has 3 aliphatic rings. The van der Waals surface area contributed by atoms with Crippen LogP contribution in [-0.4, -0.2) is 45.2 Å². The highest BCUT2D eigenvalue weighted by molar-refractivity contribution is 5.98. The van der Waals surface area contributed by atoms with Crippen LogP contribution in [0.2, 0.25) is 0 Å². The van der Waals surface area contributed by atoms with Crippen LogP contribution in [-0.2, 0) is 4.79 Å². The maximum Gasteiger partial charge on any atom is 0.254 e. The Morgan fingerprint density at radius 3 is 2.53 bits per heavy atom. The van der Waals surface area contributed by atoms with Crippen LogP contribution >= 0.6 is 0 Å². The fourth-order valence-corrected chi connectivity index (χ4v) is 5.91. The summed E-state index contributed by atoms with van der Waals surface area (Å²) in [5.41, 5.74) is 1.04. The highest BCUT2D eigenvalue weighted by atomic mass is 16.5. The Morgan fingerprint density at radius 2 is 1.81 bits per heavy atom. The summed E-state index contributed by atoms with van der Waals surface area (Å²) in [6, 6.07) is 9.26. The molecule has 8 heteroatoms. The molecule has 8 nitrogen and oxygen atoms in total. The summed E-state index contributed by atoms with van der Waals surface area (Å²) in [5.74, 6) is 1.92. The second kappa shape index (κ2) is 9.33. The molecule has 0 aromatic heterocycles. The molecule has 2 aromatic rings. The second-order valence-electron chi connectivity index (χ2n) is 9.21. The SMILES string of the molecule is COc1cccc2c1OC13CCCCC1C2C(=C(O)C=Cc1ccc(OC)c(OC)c1OC)C(=O)N3. The van der Waals surface area contributed by atoms with E-state index in [1.807, 2.05) is 18.2 Å². The first-order chi connectivity index (χ1) is 17.5. The smallest absolute Gasteiger partial charge is 0.254 e. The highest BCUT2D eigenvalue weighted by Gasteiger charge is 2.58.